The molecule has 0 radical (unpaired) electrons. The Morgan fingerprint density at radius 1 is 1.00 bits per heavy atom. The molecule has 1 heterocycles. The van der Waals surface area contributed by atoms with Crippen LogP contribution in [0.4, 0.5) is 0 Å². The Morgan fingerprint density at radius 3 is 1.95 bits per heavy atom. The first-order valence-corrected chi connectivity index (χ1v) is 5.85. The zero-order chi connectivity index (χ0) is 15.3. The molecule has 8 nitrogen and oxygen atoms in total. The molecule has 0 aromatic heterocycles. The Kier molecular flexibility index (Phi) is 5.46. The van der Waals surface area contributed by atoms with Crippen molar-refractivity contribution < 1.29 is 33.3 Å². The summed E-state index contributed by atoms with van der Waals surface area (Å²) in [6.45, 7) is 10.4. The van der Waals surface area contributed by atoms with Crippen LogP contribution >= 0.6 is 0 Å². The molecule has 4 atom stereocenters. The molecule has 0 aromatic carbocycles. The van der Waals surface area contributed by atoms with E-state index in [1.54, 1.807) is 0 Å². The molecular weight excluding hydrogens is 270 g/mol. The SMILES string of the molecule is [C-]#[N+][C@@H]1OC[C@@H](OC(C)=O)[C@@H](OC(C)=O)[C@@H]1OC(C)=O. The summed E-state index contributed by atoms with van der Waals surface area (Å²) >= 11 is 0. The summed E-state index contributed by atoms with van der Waals surface area (Å²) in [6, 6.07) is 0. The van der Waals surface area contributed by atoms with E-state index in [0.29, 0.717) is 0 Å². The number of ether oxygens (including phenoxy) is 4. The quantitative estimate of drug-likeness (QED) is 0.411. The standard InChI is InChI=1S/C12H15NO7/c1-6(14)18-9-5-17-12(13-4)11(20-8(3)16)10(9)19-7(2)15/h9-12H,5H2,1-3H3/t9-,10-,11+,12-/m1/s1. The van der Waals surface area contributed by atoms with Crippen molar-refractivity contribution >= 4 is 17.9 Å². The van der Waals surface area contributed by atoms with E-state index >= 15 is 0 Å². The Balaban J connectivity index is 2.99. The molecule has 0 saturated carbocycles. The van der Waals surface area contributed by atoms with Gasteiger partial charge in [-0.3, -0.25) is 19.2 Å². The molecule has 0 bridgehead atoms. The monoisotopic (exact) mass is 285 g/mol. The van der Waals surface area contributed by atoms with Crippen LogP contribution in [0.15, 0.2) is 0 Å². The molecule has 1 aliphatic heterocycles. The first-order chi connectivity index (χ1) is 9.35. The third kappa shape index (κ3) is 4.20. The molecular formula is C12H15NO7. The lowest BCUT2D eigenvalue weighted by atomic mass is 10.0. The van der Waals surface area contributed by atoms with E-state index in [0.717, 1.165) is 13.8 Å². The van der Waals surface area contributed by atoms with Crippen molar-refractivity contribution in [1.29, 1.82) is 0 Å². The average molecular weight is 285 g/mol. The lowest BCUT2D eigenvalue weighted by Gasteiger charge is -2.35. The van der Waals surface area contributed by atoms with E-state index in [1.807, 2.05) is 0 Å². The number of carbonyl (C=O) groups is 3. The van der Waals surface area contributed by atoms with E-state index in [-0.39, 0.29) is 6.61 Å². The minimum atomic E-state index is -1.15. The lowest BCUT2D eigenvalue weighted by Crippen LogP contribution is -2.56. The van der Waals surface area contributed by atoms with Gasteiger partial charge in [-0.1, -0.05) is 0 Å². The molecule has 1 rings (SSSR count). The molecule has 0 aliphatic carbocycles. The van der Waals surface area contributed by atoms with Crippen LogP contribution in [-0.2, 0) is 33.3 Å². The van der Waals surface area contributed by atoms with Crippen LogP contribution in [0.3, 0.4) is 0 Å². The van der Waals surface area contributed by atoms with Crippen molar-refractivity contribution in [3.63, 3.8) is 0 Å². The highest BCUT2D eigenvalue weighted by Gasteiger charge is 2.50. The second-order valence-electron chi connectivity index (χ2n) is 4.15. The van der Waals surface area contributed by atoms with Crippen molar-refractivity contribution in [1.82, 2.24) is 0 Å². The van der Waals surface area contributed by atoms with Gasteiger partial charge in [0.1, 0.15) is 0 Å². The summed E-state index contributed by atoms with van der Waals surface area (Å²) in [5.74, 6) is -1.90. The number of hydrogen-bond acceptors (Lipinski definition) is 7. The topological polar surface area (TPSA) is 92.5 Å². The summed E-state index contributed by atoms with van der Waals surface area (Å²) in [4.78, 5) is 36.5. The largest absolute Gasteiger partial charge is 0.456 e. The van der Waals surface area contributed by atoms with Crippen LogP contribution in [0.1, 0.15) is 20.8 Å². The Labute approximate surface area is 115 Å². The van der Waals surface area contributed by atoms with Gasteiger partial charge in [0.15, 0.2) is 12.2 Å². The molecule has 0 aromatic rings. The molecule has 1 saturated heterocycles. The Morgan fingerprint density at radius 2 is 1.50 bits per heavy atom. The van der Waals surface area contributed by atoms with Crippen molar-refractivity contribution in [3.05, 3.63) is 11.4 Å². The van der Waals surface area contributed by atoms with Gasteiger partial charge in [-0.25, -0.2) is 6.57 Å². The molecule has 110 valence electrons. The summed E-state index contributed by atoms with van der Waals surface area (Å²) < 4.78 is 20.1. The number of rotatable bonds is 3. The van der Waals surface area contributed by atoms with Gasteiger partial charge in [0.2, 0.25) is 6.10 Å². The van der Waals surface area contributed by atoms with Crippen molar-refractivity contribution in [3.8, 4) is 0 Å². The van der Waals surface area contributed by atoms with Crippen molar-refractivity contribution in [2.24, 2.45) is 0 Å². The first kappa shape index (κ1) is 15.9. The van der Waals surface area contributed by atoms with Crippen LogP contribution in [0.5, 0.6) is 0 Å². The minimum Gasteiger partial charge on any atom is -0.456 e. The highest BCUT2D eigenvalue weighted by atomic mass is 16.6. The number of hydrogen-bond donors (Lipinski definition) is 0. The van der Waals surface area contributed by atoms with Gasteiger partial charge in [-0.2, -0.15) is 0 Å². The van der Waals surface area contributed by atoms with E-state index in [4.69, 9.17) is 25.5 Å². The van der Waals surface area contributed by atoms with Crippen LogP contribution in [0.2, 0.25) is 0 Å². The highest BCUT2D eigenvalue weighted by molar-refractivity contribution is 5.68. The number of nitrogens with zero attached hydrogens (tertiary/aromatic N) is 1. The highest BCUT2D eigenvalue weighted by Crippen LogP contribution is 2.25. The molecule has 20 heavy (non-hydrogen) atoms. The fourth-order valence-corrected chi connectivity index (χ4v) is 1.83. The van der Waals surface area contributed by atoms with Crippen LogP contribution in [0.25, 0.3) is 4.85 Å². The molecule has 0 amide bonds. The van der Waals surface area contributed by atoms with Gasteiger partial charge in [-0.05, 0) is 0 Å². The van der Waals surface area contributed by atoms with Gasteiger partial charge in [0.05, 0.1) is 6.61 Å². The average Bonchev–Trinajstić information content (AvgIpc) is 2.31. The molecule has 0 N–H and O–H groups in total. The van der Waals surface area contributed by atoms with Gasteiger partial charge in [0.25, 0.3) is 0 Å². The van der Waals surface area contributed by atoms with E-state index in [9.17, 15) is 14.4 Å². The maximum absolute atomic E-state index is 11.1. The second kappa shape index (κ2) is 6.86. The van der Waals surface area contributed by atoms with E-state index in [2.05, 4.69) is 4.85 Å². The second-order valence-corrected chi connectivity index (χ2v) is 4.15. The van der Waals surface area contributed by atoms with Gasteiger partial charge in [0, 0.05) is 20.8 Å². The van der Waals surface area contributed by atoms with E-state index < -0.39 is 42.4 Å². The fraction of sp³-hybridized carbons (Fsp3) is 0.667. The lowest BCUT2D eigenvalue weighted by molar-refractivity contribution is -0.219. The first-order valence-electron chi connectivity index (χ1n) is 5.85. The smallest absolute Gasteiger partial charge is 0.368 e. The summed E-state index contributed by atoms with van der Waals surface area (Å²) in [5, 5.41) is 0. The van der Waals surface area contributed by atoms with Crippen LogP contribution in [-0.4, -0.2) is 49.1 Å². The third-order valence-corrected chi connectivity index (χ3v) is 2.45. The maximum atomic E-state index is 11.1. The van der Waals surface area contributed by atoms with E-state index in [1.165, 1.54) is 6.92 Å². The van der Waals surface area contributed by atoms with Crippen molar-refractivity contribution in [2.45, 2.75) is 45.3 Å². The molecule has 1 aliphatic rings. The molecule has 1 fully saturated rings. The third-order valence-electron chi connectivity index (χ3n) is 2.45. The van der Waals surface area contributed by atoms with Crippen molar-refractivity contribution in [2.75, 3.05) is 6.61 Å². The van der Waals surface area contributed by atoms with Gasteiger partial charge >= 0.3 is 24.1 Å². The normalized spacial score (nSPS) is 28.9. The molecule has 0 unspecified atom stereocenters. The number of esters is 3. The van der Waals surface area contributed by atoms with Gasteiger partial charge < -0.3 is 18.9 Å². The number of carbonyl (C=O) groups excluding carboxylic acids is 3. The Hall–Kier alpha value is -2.14. The summed E-state index contributed by atoms with van der Waals surface area (Å²) in [6.07, 6.45) is -4.27. The summed E-state index contributed by atoms with van der Waals surface area (Å²) in [5.41, 5.74) is 0. The minimum absolute atomic E-state index is 0.123. The molecule has 0 spiro atoms. The maximum Gasteiger partial charge on any atom is 0.368 e. The predicted molar refractivity (Wildman–Crippen MR) is 63.0 cm³/mol. The van der Waals surface area contributed by atoms with Crippen LogP contribution < -0.4 is 0 Å². The van der Waals surface area contributed by atoms with Crippen LogP contribution in [0, 0.1) is 6.57 Å². The fourth-order valence-electron chi connectivity index (χ4n) is 1.83. The zero-order valence-corrected chi connectivity index (χ0v) is 11.3. The Bertz CT molecular complexity index is 442. The summed E-state index contributed by atoms with van der Waals surface area (Å²) in [7, 11) is 0. The zero-order valence-electron chi connectivity index (χ0n) is 11.3. The molecule has 8 heteroatoms. The predicted octanol–water partition coefficient (Wildman–Crippen LogP) is 0.0571. The van der Waals surface area contributed by atoms with Gasteiger partial charge in [-0.15, -0.1) is 0 Å².